The molecule has 5 rings (SSSR count). The number of aliphatic hydroxyl groups excluding tert-OH is 2. The van der Waals surface area contributed by atoms with E-state index in [2.05, 4.69) is 10.6 Å². The van der Waals surface area contributed by atoms with Gasteiger partial charge >= 0.3 is 43.4 Å². The van der Waals surface area contributed by atoms with Crippen molar-refractivity contribution < 1.29 is 107 Å². The second kappa shape index (κ2) is 20.7. The molecular formula is C36H66N4O18PtS. The first-order chi connectivity index (χ1) is 26.7. The number of hydrogen-bond acceptors (Lipinski definition) is 15. The number of ether oxygens (including phenoxy) is 5. The molecule has 13 atom stereocenters. The van der Waals surface area contributed by atoms with E-state index < -0.39 is 110 Å². The first kappa shape index (κ1) is 58.0. The minimum absolute atomic E-state index is 0. The van der Waals surface area contributed by atoms with Crippen LogP contribution in [-0.2, 0) is 78.5 Å². The van der Waals surface area contributed by atoms with Gasteiger partial charge in [0.2, 0.25) is 11.7 Å². The van der Waals surface area contributed by atoms with E-state index >= 15 is 0 Å². The average Bonchev–Trinajstić information content (AvgIpc) is 3.13. The maximum atomic E-state index is 12.7. The van der Waals surface area contributed by atoms with E-state index in [9.17, 15) is 42.4 Å². The number of aliphatic carboxylic acids is 2. The Morgan fingerprint density at radius 2 is 1.32 bits per heavy atom. The zero-order chi connectivity index (χ0) is 46.6. The summed E-state index contributed by atoms with van der Waals surface area (Å²) in [7, 11) is -1.20. The topological polar surface area (TPSA) is 351 Å². The van der Waals surface area contributed by atoms with Crippen molar-refractivity contribution in [2.24, 2.45) is 11.8 Å². The van der Waals surface area contributed by atoms with Gasteiger partial charge in [-0.05, 0) is 48.5 Å². The van der Waals surface area contributed by atoms with Crippen LogP contribution in [0.15, 0.2) is 0 Å². The Morgan fingerprint density at radius 3 is 1.65 bits per heavy atom. The molecule has 7 unspecified atom stereocenters. The van der Waals surface area contributed by atoms with E-state index in [-0.39, 0.29) is 33.1 Å². The molecule has 4 saturated heterocycles. The summed E-state index contributed by atoms with van der Waals surface area (Å²) >= 11 is 0. The Hall–Kier alpha value is -1.96. The van der Waals surface area contributed by atoms with Crippen molar-refractivity contribution in [2.75, 3.05) is 27.9 Å². The summed E-state index contributed by atoms with van der Waals surface area (Å²) in [5, 5.41) is 50.4. The van der Waals surface area contributed by atoms with Crippen LogP contribution in [0.25, 0.3) is 11.5 Å². The minimum atomic E-state index is -4.86. The summed E-state index contributed by atoms with van der Waals surface area (Å²) in [4.78, 5) is 46.3. The van der Waals surface area contributed by atoms with Gasteiger partial charge in [-0.25, -0.2) is 8.98 Å². The number of rotatable bonds is 11. The molecule has 60 heavy (non-hydrogen) atoms. The second-order valence-electron chi connectivity index (χ2n) is 16.2. The molecular weight excluding hydrogens is 1000 g/mol. The normalized spacial score (nSPS) is 41.0. The fourth-order valence-corrected chi connectivity index (χ4v) is 8.77. The number of carboxylic acids is 2. The number of carbonyl (C=O) groups excluding carboxylic acids is 2. The summed E-state index contributed by atoms with van der Waals surface area (Å²) in [6.07, 6.45) is 3.44. The Balaban J connectivity index is 0.000000933. The van der Waals surface area contributed by atoms with Gasteiger partial charge in [0.1, 0.15) is 28.4 Å². The van der Waals surface area contributed by atoms with Crippen LogP contribution in [-0.4, -0.2) is 154 Å². The van der Waals surface area contributed by atoms with Crippen molar-refractivity contribution >= 4 is 34.2 Å². The smallest absolute Gasteiger partial charge is 0.676 e. The number of fused-ring (bicyclic) bond motifs is 2. The molecule has 0 aromatic carbocycles. The van der Waals surface area contributed by atoms with Crippen LogP contribution in [0.5, 0.6) is 0 Å². The van der Waals surface area contributed by atoms with Crippen LogP contribution < -0.4 is 10.6 Å². The van der Waals surface area contributed by atoms with E-state index in [1.165, 1.54) is 61.7 Å². The third-order valence-electron chi connectivity index (χ3n) is 12.9. The predicted octanol–water partition coefficient (Wildman–Crippen LogP) is 1.54. The second-order valence-corrected chi connectivity index (χ2v) is 17.3. The van der Waals surface area contributed by atoms with Crippen molar-refractivity contribution in [1.29, 1.82) is 0 Å². The molecule has 5 fully saturated rings. The van der Waals surface area contributed by atoms with Gasteiger partial charge in [0.05, 0.1) is 24.5 Å². The van der Waals surface area contributed by atoms with Crippen LogP contribution in [0.2, 0.25) is 0 Å². The van der Waals surface area contributed by atoms with E-state index in [4.69, 9.17) is 54.7 Å². The van der Waals surface area contributed by atoms with Gasteiger partial charge in [0.15, 0.2) is 5.79 Å². The predicted molar refractivity (Wildman–Crippen MR) is 208 cm³/mol. The monoisotopic (exact) mass is 1070 g/mol. The molecule has 10 N–H and O–H groups in total. The van der Waals surface area contributed by atoms with Crippen molar-refractivity contribution in [2.45, 2.75) is 165 Å². The van der Waals surface area contributed by atoms with Gasteiger partial charge in [-0.2, -0.15) is 20.5 Å². The maximum absolute atomic E-state index is 12.7. The van der Waals surface area contributed by atoms with Gasteiger partial charge in [0.25, 0.3) is 11.7 Å². The molecule has 5 aliphatic rings. The maximum Gasteiger partial charge on any atom is 2.00 e. The number of hydrogen-bond donors (Lipinski definition) is 8. The third-order valence-corrected chi connectivity index (χ3v) is 13.5. The van der Waals surface area contributed by atoms with Crippen LogP contribution in [0, 0.1) is 11.8 Å². The molecule has 1 aliphatic carbocycles. The number of nitrogens with one attached hydrogen (secondary N) is 4. The van der Waals surface area contributed by atoms with E-state index in [0.29, 0.717) is 0 Å². The van der Waals surface area contributed by atoms with Crippen molar-refractivity contribution in [3.05, 3.63) is 11.5 Å². The van der Waals surface area contributed by atoms with Gasteiger partial charge < -0.3 is 71.3 Å². The molecule has 22 nitrogen and oxygen atoms in total. The van der Waals surface area contributed by atoms with Crippen LogP contribution in [0.3, 0.4) is 0 Å². The van der Waals surface area contributed by atoms with Crippen molar-refractivity contribution in [3.63, 3.8) is 0 Å². The molecule has 0 aromatic heterocycles. The molecule has 0 spiro atoms. The number of aliphatic hydroxyl groups is 3. The molecule has 2 bridgehead atoms. The molecule has 1 saturated carbocycles. The summed E-state index contributed by atoms with van der Waals surface area (Å²) in [5.74, 6) is -10.5. The van der Waals surface area contributed by atoms with Crippen molar-refractivity contribution in [1.82, 2.24) is 10.6 Å². The molecule has 2 amide bonds. The zero-order valence-corrected chi connectivity index (χ0v) is 39.5. The largest absolute Gasteiger partial charge is 2.00 e. The Kier molecular flexibility index (Phi) is 20.0. The minimum Gasteiger partial charge on any atom is -0.676 e. The Morgan fingerprint density at radius 1 is 0.850 bits per heavy atom. The molecule has 24 heteroatoms. The molecule has 354 valence electrons. The summed E-state index contributed by atoms with van der Waals surface area (Å²) in [6, 6.07) is -1.81. The van der Waals surface area contributed by atoms with Gasteiger partial charge in [-0.3, -0.25) is 18.9 Å². The quantitative estimate of drug-likeness (QED) is 0.136. The number of carboxylic acid groups (broad SMARTS) is 2. The van der Waals surface area contributed by atoms with Gasteiger partial charge in [-0.1, -0.05) is 39.5 Å². The number of amides is 2. The van der Waals surface area contributed by atoms with E-state index in [0.717, 1.165) is 20.0 Å². The first-order valence-corrected chi connectivity index (χ1v) is 20.2. The standard InChI is InChI=1S/C15H23NO9.C14H27NO8S.C6H12N2.CH4O.Pt/c1-7-12(2)13(3,22)14(4,23-5)25-15(7,24-12)11(21)16-8(10(19)20)6-9(17)18;1-9-12(4,15-10(2)17)14(6,21-7)22-11(3,8-16)13(9,5)23-24(18,19)20;7-5-3-1-2-4-6(5)8;1-2;/h7-8,22H,6H2,1-5H3,(H,16,21)(H,17,18)(H,19,20);9,16H,8H2,1-7H3,(H,15,17)(H,18,19,20);5-8H,1-4H2;2H,1H3;/q;;-2;;+2/t7-,8?,12-,13?,14-,15?;9-,11?,12?,13-,14-;;;/m11.../s1. The number of carbonyl (C=O) groups is 4. The van der Waals surface area contributed by atoms with E-state index in [1.807, 2.05) is 0 Å². The van der Waals surface area contributed by atoms with E-state index in [1.54, 1.807) is 34.6 Å². The van der Waals surface area contributed by atoms with Crippen LogP contribution in [0.4, 0.5) is 0 Å². The molecule has 0 aromatic rings. The Bertz CT molecular complexity index is 1610. The van der Waals surface area contributed by atoms with Crippen molar-refractivity contribution in [3.8, 4) is 0 Å². The fraction of sp³-hybridized carbons (Fsp3) is 0.889. The van der Waals surface area contributed by atoms with Crippen LogP contribution >= 0.6 is 0 Å². The summed E-state index contributed by atoms with van der Waals surface area (Å²) in [5.41, 5.74) is 7.29. The zero-order valence-electron chi connectivity index (χ0n) is 36.4. The average molecular weight is 1070 g/mol. The van der Waals surface area contributed by atoms with Crippen LogP contribution in [0.1, 0.15) is 101 Å². The Labute approximate surface area is 366 Å². The molecule has 4 aliphatic heterocycles. The molecule has 4 heterocycles. The fourth-order valence-electron chi connectivity index (χ4n) is 8.01. The van der Waals surface area contributed by atoms with Gasteiger partial charge in [0, 0.05) is 34.2 Å². The number of methoxy groups -OCH3 is 2. The molecule has 0 radical (unpaired) electrons. The summed E-state index contributed by atoms with van der Waals surface area (Å²) < 4.78 is 64.9. The third kappa shape index (κ3) is 10.9. The summed E-state index contributed by atoms with van der Waals surface area (Å²) in [6.45, 7) is 14.4. The first-order valence-electron chi connectivity index (χ1n) is 18.8. The van der Waals surface area contributed by atoms with Gasteiger partial charge in [-0.15, -0.1) is 0 Å². The SMILES string of the molecule is CO.CO[C@]1(C)OC(C)(CO)[C@](C)(OS(=O)(=O)O)[C@H](C)C1(C)NC(C)=O.CO[C@]1(C)OC2(C(=O)NC(CC(=O)O)C(=O)O)O[C@](C)([C@H]2C)C1(C)O.[NH-]C1CCCCC1[NH-].[Pt+2].